The minimum absolute atomic E-state index is 0.0942. The summed E-state index contributed by atoms with van der Waals surface area (Å²) in [6.45, 7) is 8.37. The van der Waals surface area contributed by atoms with E-state index in [9.17, 15) is 19.2 Å². The Hall–Kier alpha value is -2.50. The molecule has 0 aliphatic heterocycles. The van der Waals surface area contributed by atoms with Crippen LogP contribution in [0.5, 0.6) is 0 Å². The number of carbonyl (C=O) groups is 4. The summed E-state index contributed by atoms with van der Waals surface area (Å²) in [6.07, 6.45) is 0.855. The molecule has 6 heteroatoms. The van der Waals surface area contributed by atoms with Gasteiger partial charge in [-0.3, -0.25) is 9.59 Å². The van der Waals surface area contributed by atoms with Crippen molar-refractivity contribution in [2.45, 2.75) is 41.0 Å². The third-order valence-electron chi connectivity index (χ3n) is 5.40. The van der Waals surface area contributed by atoms with Crippen molar-refractivity contribution in [1.29, 1.82) is 0 Å². The highest BCUT2D eigenvalue weighted by molar-refractivity contribution is 6.06. The fraction of sp³-hybridized carbons (Fsp3) is 0.474. The monoisotopic (exact) mass is 347 g/mol. The number of amides is 1. The van der Waals surface area contributed by atoms with Crippen molar-refractivity contribution >= 4 is 29.6 Å². The summed E-state index contributed by atoms with van der Waals surface area (Å²) in [7, 11) is 0. The Morgan fingerprint density at radius 2 is 1.72 bits per heavy atom. The number of ketones is 1. The highest BCUT2D eigenvalue weighted by Crippen LogP contribution is 2.47. The van der Waals surface area contributed by atoms with E-state index in [1.807, 2.05) is 0 Å². The molecule has 2 unspecified atom stereocenters. The first kappa shape index (κ1) is 20.5. The van der Waals surface area contributed by atoms with Crippen molar-refractivity contribution in [1.82, 2.24) is 0 Å². The number of aldehydes is 1. The van der Waals surface area contributed by atoms with Gasteiger partial charge in [-0.1, -0.05) is 27.7 Å². The van der Waals surface area contributed by atoms with E-state index in [2.05, 4.69) is 5.32 Å². The molecule has 6 nitrogen and oxygen atoms in total. The van der Waals surface area contributed by atoms with E-state index >= 15 is 0 Å². The zero-order chi connectivity index (χ0) is 19.4. The van der Waals surface area contributed by atoms with Gasteiger partial charge in [-0.05, 0) is 43.0 Å². The smallest absolute Gasteiger partial charge is 0.335 e. The van der Waals surface area contributed by atoms with E-state index in [1.54, 1.807) is 27.7 Å². The number of hydrogen-bond acceptors (Lipinski definition) is 4. The van der Waals surface area contributed by atoms with Crippen molar-refractivity contribution in [3.63, 3.8) is 0 Å². The SMILES string of the molecule is CCC(C=O)(C(=O)Nc1ccc(C(=O)O)cc1)C(C)(C)C(C)C(C)=O. The van der Waals surface area contributed by atoms with Gasteiger partial charge in [0.1, 0.15) is 17.5 Å². The number of rotatable bonds is 8. The third-order valence-corrected chi connectivity index (χ3v) is 5.40. The zero-order valence-corrected chi connectivity index (χ0v) is 15.3. The number of anilines is 1. The summed E-state index contributed by atoms with van der Waals surface area (Å²) < 4.78 is 0. The van der Waals surface area contributed by atoms with Gasteiger partial charge in [-0.25, -0.2) is 4.79 Å². The quantitative estimate of drug-likeness (QED) is 0.556. The predicted molar refractivity (Wildman–Crippen MR) is 94.4 cm³/mol. The molecule has 2 N–H and O–H groups in total. The molecule has 0 radical (unpaired) electrons. The van der Waals surface area contributed by atoms with E-state index in [0.717, 1.165) is 0 Å². The number of hydrogen-bond donors (Lipinski definition) is 2. The lowest BCUT2D eigenvalue weighted by atomic mass is 9.57. The number of carbonyl (C=O) groups excluding carboxylic acids is 3. The van der Waals surface area contributed by atoms with Crippen molar-refractivity contribution in [2.24, 2.45) is 16.7 Å². The highest BCUT2D eigenvalue weighted by Gasteiger charge is 2.53. The summed E-state index contributed by atoms with van der Waals surface area (Å²) in [6, 6.07) is 5.67. The minimum atomic E-state index is -1.39. The Bertz CT molecular complexity index is 678. The number of Topliss-reactive ketones (excluding diaryl/α,β-unsaturated/α-hetero) is 1. The highest BCUT2D eigenvalue weighted by atomic mass is 16.4. The van der Waals surface area contributed by atoms with Crippen LogP contribution in [0.2, 0.25) is 0 Å². The van der Waals surface area contributed by atoms with Crippen molar-refractivity contribution < 1.29 is 24.3 Å². The third kappa shape index (κ3) is 3.78. The lowest BCUT2D eigenvalue weighted by Crippen LogP contribution is -2.52. The Labute approximate surface area is 147 Å². The van der Waals surface area contributed by atoms with Crippen LogP contribution in [-0.4, -0.2) is 29.1 Å². The number of carboxylic acids is 1. The molecule has 0 bridgehead atoms. The second-order valence-electron chi connectivity index (χ2n) is 6.83. The first-order valence-electron chi connectivity index (χ1n) is 8.15. The molecule has 0 fully saturated rings. The van der Waals surface area contributed by atoms with Crippen LogP contribution in [0.15, 0.2) is 24.3 Å². The van der Waals surface area contributed by atoms with Gasteiger partial charge in [0.15, 0.2) is 0 Å². The first-order chi connectivity index (χ1) is 11.5. The van der Waals surface area contributed by atoms with Crippen LogP contribution >= 0.6 is 0 Å². The molecule has 1 amide bonds. The maximum absolute atomic E-state index is 12.9. The second-order valence-corrected chi connectivity index (χ2v) is 6.83. The Morgan fingerprint density at radius 1 is 1.20 bits per heavy atom. The van der Waals surface area contributed by atoms with Gasteiger partial charge >= 0.3 is 5.97 Å². The summed E-state index contributed by atoms with van der Waals surface area (Å²) in [5, 5.41) is 11.6. The Kier molecular flexibility index (Phi) is 6.24. The zero-order valence-electron chi connectivity index (χ0n) is 15.3. The standard InChI is InChI=1S/C19H25NO5/c1-6-19(11-21,18(4,5)12(2)13(3)22)17(25)20-15-9-7-14(8-10-15)16(23)24/h7-12H,6H2,1-5H3,(H,20,25)(H,23,24). The van der Waals surface area contributed by atoms with Crippen LogP contribution < -0.4 is 5.32 Å². The summed E-state index contributed by atoms with van der Waals surface area (Å²) in [5.41, 5.74) is -1.79. The van der Waals surface area contributed by atoms with Gasteiger partial charge in [0.2, 0.25) is 5.91 Å². The van der Waals surface area contributed by atoms with E-state index in [-0.39, 0.29) is 17.8 Å². The molecule has 25 heavy (non-hydrogen) atoms. The van der Waals surface area contributed by atoms with E-state index in [0.29, 0.717) is 12.0 Å². The molecule has 1 aromatic rings. The molecule has 1 aromatic carbocycles. The number of benzene rings is 1. The summed E-state index contributed by atoms with van der Waals surface area (Å²) in [5.74, 6) is -2.16. The van der Waals surface area contributed by atoms with Crippen molar-refractivity contribution in [2.75, 3.05) is 5.32 Å². The fourth-order valence-corrected chi connectivity index (χ4v) is 3.03. The van der Waals surface area contributed by atoms with Crippen LogP contribution in [0.4, 0.5) is 5.69 Å². The van der Waals surface area contributed by atoms with Gasteiger partial charge < -0.3 is 15.2 Å². The average Bonchev–Trinajstić information content (AvgIpc) is 2.55. The van der Waals surface area contributed by atoms with Crippen LogP contribution in [0.3, 0.4) is 0 Å². The second kappa shape index (κ2) is 7.59. The first-order valence-corrected chi connectivity index (χ1v) is 8.15. The van der Waals surface area contributed by atoms with Gasteiger partial charge in [0.05, 0.1) is 5.56 Å². The van der Waals surface area contributed by atoms with E-state index in [1.165, 1.54) is 31.2 Å². The maximum Gasteiger partial charge on any atom is 0.335 e. The number of carboxylic acid groups (broad SMARTS) is 1. The number of nitrogens with one attached hydrogen (secondary N) is 1. The molecule has 1 rings (SSSR count). The van der Waals surface area contributed by atoms with Gasteiger partial charge in [-0.2, -0.15) is 0 Å². The lowest BCUT2D eigenvalue weighted by molar-refractivity contribution is -0.146. The van der Waals surface area contributed by atoms with Crippen LogP contribution in [0.1, 0.15) is 51.4 Å². The molecule has 0 aliphatic rings. The van der Waals surface area contributed by atoms with Crippen LogP contribution in [0, 0.1) is 16.7 Å². The molecule has 0 saturated carbocycles. The molecular weight excluding hydrogens is 322 g/mol. The molecule has 2 atom stereocenters. The normalized spacial score (nSPS) is 14.9. The largest absolute Gasteiger partial charge is 0.478 e. The molecule has 136 valence electrons. The van der Waals surface area contributed by atoms with E-state index in [4.69, 9.17) is 5.11 Å². The molecule has 0 spiro atoms. The van der Waals surface area contributed by atoms with Crippen LogP contribution in [0.25, 0.3) is 0 Å². The van der Waals surface area contributed by atoms with E-state index < -0.39 is 28.6 Å². The summed E-state index contributed by atoms with van der Waals surface area (Å²) >= 11 is 0. The maximum atomic E-state index is 12.9. The predicted octanol–water partition coefficient (Wildman–Crippen LogP) is 3.17. The molecule has 0 aromatic heterocycles. The van der Waals surface area contributed by atoms with Crippen LogP contribution in [-0.2, 0) is 14.4 Å². The van der Waals surface area contributed by atoms with Gasteiger partial charge in [0, 0.05) is 11.6 Å². The van der Waals surface area contributed by atoms with Gasteiger partial charge in [0.25, 0.3) is 0 Å². The summed E-state index contributed by atoms with van der Waals surface area (Å²) in [4.78, 5) is 47.6. The molecular formula is C19H25NO5. The topological polar surface area (TPSA) is 101 Å². The fourth-order valence-electron chi connectivity index (χ4n) is 3.03. The average molecular weight is 347 g/mol. The Balaban J connectivity index is 3.21. The molecule has 0 aliphatic carbocycles. The van der Waals surface area contributed by atoms with Gasteiger partial charge in [-0.15, -0.1) is 0 Å². The minimum Gasteiger partial charge on any atom is -0.478 e. The lowest BCUT2D eigenvalue weighted by Gasteiger charge is -2.44. The molecule has 0 saturated heterocycles. The molecule has 0 heterocycles. The number of aromatic carboxylic acids is 1. The van der Waals surface area contributed by atoms with Crippen molar-refractivity contribution in [3.05, 3.63) is 29.8 Å². The van der Waals surface area contributed by atoms with Crippen molar-refractivity contribution in [3.8, 4) is 0 Å². The Morgan fingerprint density at radius 3 is 2.08 bits per heavy atom.